The molecule has 4 N–H and O–H groups in total. The van der Waals surface area contributed by atoms with Gasteiger partial charge in [-0.25, -0.2) is 9.37 Å². The van der Waals surface area contributed by atoms with E-state index in [0.29, 0.717) is 35.1 Å². The third-order valence-corrected chi connectivity index (χ3v) is 5.47. The molecule has 162 valence electrons. The van der Waals surface area contributed by atoms with Gasteiger partial charge in [0.15, 0.2) is 5.17 Å². The topological polar surface area (TPSA) is 102 Å². The van der Waals surface area contributed by atoms with Gasteiger partial charge in [-0.1, -0.05) is 23.6 Å². The maximum atomic E-state index is 14.5. The molecule has 0 saturated heterocycles. The van der Waals surface area contributed by atoms with E-state index in [2.05, 4.69) is 32.5 Å². The zero-order valence-corrected chi connectivity index (χ0v) is 18.2. The second kappa shape index (κ2) is 10.3. The molecule has 31 heavy (non-hydrogen) atoms. The minimum absolute atomic E-state index is 0.210. The molecule has 1 aliphatic heterocycles. The molecule has 0 fully saturated rings. The van der Waals surface area contributed by atoms with Crippen molar-refractivity contribution in [2.75, 3.05) is 31.3 Å². The Morgan fingerprint density at radius 3 is 2.90 bits per heavy atom. The molecule has 7 nitrogen and oxygen atoms in total. The van der Waals surface area contributed by atoms with Crippen LogP contribution in [0.15, 0.2) is 41.5 Å². The van der Waals surface area contributed by atoms with E-state index < -0.39 is 11.4 Å². The molecule has 1 atom stereocenters. The van der Waals surface area contributed by atoms with E-state index in [9.17, 15) is 9.18 Å². The number of hydrogen-bond donors (Lipinski definition) is 3. The highest BCUT2D eigenvalue weighted by molar-refractivity contribution is 8.13. The fourth-order valence-corrected chi connectivity index (χ4v) is 3.99. The number of carbonyl (C=O) groups is 1. The summed E-state index contributed by atoms with van der Waals surface area (Å²) < 4.78 is 20.0. The number of thioether (sulfide) groups is 1. The monoisotopic (exact) mass is 441 g/mol. The van der Waals surface area contributed by atoms with Crippen molar-refractivity contribution in [3.63, 3.8) is 0 Å². The van der Waals surface area contributed by atoms with Crippen molar-refractivity contribution in [2.24, 2.45) is 10.7 Å². The van der Waals surface area contributed by atoms with Crippen LogP contribution in [0.5, 0.6) is 5.75 Å². The average Bonchev–Trinajstić information content (AvgIpc) is 2.75. The van der Waals surface area contributed by atoms with Gasteiger partial charge in [-0.3, -0.25) is 9.79 Å². The Labute approximate surface area is 185 Å². The Balaban J connectivity index is 1.68. The van der Waals surface area contributed by atoms with Crippen molar-refractivity contribution in [3.8, 4) is 17.6 Å². The Bertz CT molecular complexity index is 1030. The number of rotatable bonds is 6. The zero-order chi connectivity index (χ0) is 22.3. The lowest BCUT2D eigenvalue weighted by Gasteiger charge is -2.30. The number of amides is 1. The van der Waals surface area contributed by atoms with E-state index in [1.54, 1.807) is 18.2 Å². The smallest absolute Gasteiger partial charge is 0.274 e. The van der Waals surface area contributed by atoms with Crippen LogP contribution in [0.2, 0.25) is 0 Å². The molecule has 1 aromatic carbocycles. The van der Waals surface area contributed by atoms with E-state index in [1.807, 2.05) is 14.0 Å². The molecule has 1 aliphatic rings. The van der Waals surface area contributed by atoms with Crippen LogP contribution in [0.1, 0.15) is 29.4 Å². The number of benzene rings is 1. The molecule has 0 spiro atoms. The number of aromatic nitrogens is 1. The lowest BCUT2D eigenvalue weighted by Crippen LogP contribution is -2.29. The number of ether oxygens (including phenoxy) is 1. The van der Waals surface area contributed by atoms with Crippen LogP contribution in [-0.2, 0) is 5.54 Å². The fourth-order valence-electron chi connectivity index (χ4n) is 3.01. The molecule has 3 rings (SSSR count). The molecule has 2 aromatic rings. The predicted molar refractivity (Wildman–Crippen MR) is 122 cm³/mol. The number of carbonyl (C=O) groups excluding carboxylic acids is 1. The van der Waals surface area contributed by atoms with Gasteiger partial charge in [-0.2, -0.15) is 0 Å². The Hall–Kier alpha value is -3.09. The highest BCUT2D eigenvalue weighted by Gasteiger charge is 2.32. The van der Waals surface area contributed by atoms with Crippen LogP contribution in [-0.4, -0.2) is 42.0 Å². The summed E-state index contributed by atoms with van der Waals surface area (Å²) in [7, 11) is 1.81. The number of aliphatic imine (C=N–C) groups is 1. The van der Waals surface area contributed by atoms with Crippen molar-refractivity contribution in [1.82, 2.24) is 10.3 Å². The van der Waals surface area contributed by atoms with Gasteiger partial charge in [0.05, 0.1) is 18.3 Å². The summed E-state index contributed by atoms with van der Waals surface area (Å²) >= 11 is 1.45. The van der Waals surface area contributed by atoms with Crippen LogP contribution < -0.4 is 21.1 Å². The summed E-state index contributed by atoms with van der Waals surface area (Å²) in [6, 6.07) is 7.63. The Kier molecular flexibility index (Phi) is 7.50. The van der Waals surface area contributed by atoms with Crippen LogP contribution in [0.3, 0.4) is 0 Å². The fraction of sp³-hybridized carbons (Fsp3) is 0.318. The highest BCUT2D eigenvalue weighted by Crippen LogP contribution is 2.37. The largest absolute Gasteiger partial charge is 0.479 e. The second-order valence-electron chi connectivity index (χ2n) is 7.02. The number of nitrogens with two attached hydrogens (primary N) is 1. The minimum Gasteiger partial charge on any atom is -0.479 e. The summed E-state index contributed by atoms with van der Waals surface area (Å²) in [5.74, 6) is 6.21. The van der Waals surface area contributed by atoms with Gasteiger partial charge in [0.2, 0.25) is 0 Å². The van der Waals surface area contributed by atoms with Crippen LogP contribution in [0.25, 0.3) is 0 Å². The lowest BCUT2D eigenvalue weighted by molar-refractivity contribution is 0.102. The van der Waals surface area contributed by atoms with E-state index in [0.717, 1.165) is 5.75 Å². The van der Waals surface area contributed by atoms with Crippen LogP contribution in [0, 0.1) is 17.7 Å². The number of halogens is 1. The third kappa shape index (κ3) is 5.96. The highest BCUT2D eigenvalue weighted by atomic mass is 32.2. The predicted octanol–water partition coefficient (Wildman–Crippen LogP) is 2.74. The van der Waals surface area contributed by atoms with Crippen molar-refractivity contribution in [2.45, 2.75) is 18.9 Å². The maximum absolute atomic E-state index is 14.5. The molecule has 0 radical (unpaired) electrons. The molecule has 0 bridgehead atoms. The normalized spacial score (nSPS) is 17.8. The average molecular weight is 442 g/mol. The first-order valence-corrected chi connectivity index (χ1v) is 10.7. The van der Waals surface area contributed by atoms with Crippen LogP contribution in [0.4, 0.5) is 10.1 Å². The Morgan fingerprint density at radius 2 is 2.19 bits per heavy atom. The van der Waals surface area contributed by atoms with Gasteiger partial charge < -0.3 is 21.1 Å². The van der Waals surface area contributed by atoms with E-state index in [-0.39, 0.29) is 18.1 Å². The summed E-state index contributed by atoms with van der Waals surface area (Å²) in [4.78, 5) is 21.1. The summed E-state index contributed by atoms with van der Waals surface area (Å²) in [5, 5.41) is 6.10. The lowest BCUT2D eigenvalue weighted by atomic mass is 9.89. The molecule has 2 heterocycles. The van der Waals surface area contributed by atoms with Gasteiger partial charge in [0.25, 0.3) is 5.91 Å². The number of anilines is 1. The molecular formula is C22H24FN5O2S. The summed E-state index contributed by atoms with van der Waals surface area (Å²) in [6.07, 6.45) is 2.11. The van der Waals surface area contributed by atoms with Gasteiger partial charge in [-0.15, -0.1) is 0 Å². The zero-order valence-electron chi connectivity index (χ0n) is 17.4. The molecule has 9 heteroatoms. The second-order valence-corrected chi connectivity index (χ2v) is 8.14. The first-order chi connectivity index (χ1) is 14.9. The molecule has 1 aromatic heterocycles. The first kappa shape index (κ1) is 22.6. The van der Waals surface area contributed by atoms with Gasteiger partial charge in [-0.05, 0) is 50.7 Å². The Morgan fingerprint density at radius 1 is 1.35 bits per heavy atom. The van der Waals surface area contributed by atoms with Crippen LogP contribution >= 0.6 is 11.8 Å². The third-order valence-electron chi connectivity index (χ3n) is 4.67. The van der Waals surface area contributed by atoms with Crippen molar-refractivity contribution < 1.29 is 13.9 Å². The molecule has 0 saturated carbocycles. The molecule has 1 amide bonds. The van der Waals surface area contributed by atoms with Crippen molar-refractivity contribution in [1.29, 1.82) is 0 Å². The number of hydrogen-bond acceptors (Lipinski definition) is 7. The first-order valence-electron chi connectivity index (χ1n) is 9.70. The number of pyridine rings is 1. The van der Waals surface area contributed by atoms with E-state index in [1.165, 1.54) is 30.1 Å². The molecule has 0 aliphatic carbocycles. The van der Waals surface area contributed by atoms with Gasteiger partial charge in [0.1, 0.15) is 23.9 Å². The molecular weight excluding hydrogens is 417 g/mol. The SMILES string of the molecule is CNCC#CCOc1ccc(C(=O)Nc2ccc(F)c([C@]3(C)CCSC(N)=N3)c2)nc1. The quantitative estimate of drug-likeness (QED) is 0.596. The standard InChI is InChI=1S/C22H24FN5O2S/c1-22(9-12-31-21(24)28-22)17-13-15(5-7-18(17)23)27-20(29)19-8-6-16(14-26-19)30-11-4-3-10-25-2/h5-8,13-14,25H,9-12H2,1-2H3,(H2,24,28)(H,27,29)/t22-/m0/s1. The number of nitrogens with one attached hydrogen (secondary N) is 2. The number of nitrogens with zero attached hydrogens (tertiary/aromatic N) is 2. The van der Waals surface area contributed by atoms with E-state index in [4.69, 9.17) is 10.5 Å². The maximum Gasteiger partial charge on any atom is 0.274 e. The molecule has 0 unspecified atom stereocenters. The van der Waals surface area contributed by atoms with Gasteiger partial charge in [0, 0.05) is 17.0 Å². The van der Waals surface area contributed by atoms with Crippen molar-refractivity contribution in [3.05, 3.63) is 53.6 Å². The van der Waals surface area contributed by atoms with Crippen molar-refractivity contribution >= 4 is 28.5 Å². The van der Waals surface area contributed by atoms with Gasteiger partial charge >= 0.3 is 0 Å². The minimum atomic E-state index is -0.770. The summed E-state index contributed by atoms with van der Waals surface area (Å²) in [6.45, 7) is 2.66. The van der Waals surface area contributed by atoms with E-state index >= 15 is 0 Å². The number of amidine groups is 1. The summed E-state index contributed by atoms with van der Waals surface area (Å²) in [5.41, 5.74) is 6.14.